The Morgan fingerprint density at radius 3 is 2.64 bits per heavy atom. The van der Waals surface area contributed by atoms with E-state index in [1.165, 1.54) is 23.0 Å². The summed E-state index contributed by atoms with van der Waals surface area (Å²) in [4.78, 5) is 33.1. The van der Waals surface area contributed by atoms with Gasteiger partial charge in [0.2, 0.25) is 0 Å². The van der Waals surface area contributed by atoms with Gasteiger partial charge in [-0.25, -0.2) is 19.2 Å². The number of hydrogen-bond donors (Lipinski definition) is 0. The summed E-state index contributed by atoms with van der Waals surface area (Å²) in [6, 6.07) is 8.39. The van der Waals surface area contributed by atoms with Gasteiger partial charge in [0, 0.05) is 5.56 Å². The topological polar surface area (TPSA) is 74.1 Å². The van der Waals surface area contributed by atoms with Gasteiger partial charge in [-0.1, -0.05) is 0 Å². The maximum Gasteiger partial charge on any atom is 0.328 e. The summed E-state index contributed by atoms with van der Waals surface area (Å²) < 4.78 is 19.2. The smallest absolute Gasteiger partial charge is 0.328 e. The van der Waals surface area contributed by atoms with Crippen molar-refractivity contribution in [3.05, 3.63) is 58.9 Å². The Balaban J connectivity index is 2.09. The van der Waals surface area contributed by atoms with Gasteiger partial charge in [0.1, 0.15) is 11.9 Å². The lowest BCUT2D eigenvalue weighted by molar-refractivity contribution is -0.146. The molecule has 3 rings (SSSR count). The molecule has 1 aromatic carbocycles. The second-order valence-electron chi connectivity index (χ2n) is 5.46. The van der Waals surface area contributed by atoms with Gasteiger partial charge in [0.25, 0.3) is 5.56 Å². The Morgan fingerprint density at radius 2 is 1.96 bits per heavy atom. The summed E-state index contributed by atoms with van der Waals surface area (Å²) in [6.45, 7) is 3.49. The van der Waals surface area contributed by atoms with Crippen molar-refractivity contribution < 1.29 is 13.9 Å². The van der Waals surface area contributed by atoms with Crippen molar-refractivity contribution in [2.75, 3.05) is 6.61 Å². The van der Waals surface area contributed by atoms with Crippen LogP contribution >= 0.6 is 0 Å². The van der Waals surface area contributed by atoms with Gasteiger partial charge in [0.15, 0.2) is 5.52 Å². The lowest BCUT2D eigenvalue weighted by atomic mass is 10.1. The SMILES string of the molecule is CCOC(=O)C(C)n1cnc2ccc(-c3ccc(F)cc3)nc2c1=O. The van der Waals surface area contributed by atoms with Crippen LogP contribution in [0.15, 0.2) is 47.5 Å². The van der Waals surface area contributed by atoms with Gasteiger partial charge < -0.3 is 4.74 Å². The maximum absolute atomic E-state index is 13.1. The van der Waals surface area contributed by atoms with Crippen LogP contribution in [-0.2, 0) is 9.53 Å². The zero-order valence-corrected chi connectivity index (χ0v) is 13.8. The van der Waals surface area contributed by atoms with Crippen molar-refractivity contribution in [3.8, 4) is 11.3 Å². The molecule has 2 heterocycles. The molecule has 0 N–H and O–H groups in total. The number of ether oxygens (including phenoxy) is 1. The van der Waals surface area contributed by atoms with E-state index in [0.717, 1.165) is 0 Å². The Hall–Kier alpha value is -3.09. The number of aromatic nitrogens is 3. The average Bonchev–Trinajstić information content (AvgIpc) is 2.62. The monoisotopic (exact) mass is 341 g/mol. The highest BCUT2D eigenvalue weighted by atomic mass is 19.1. The number of esters is 1. The van der Waals surface area contributed by atoms with E-state index in [9.17, 15) is 14.0 Å². The van der Waals surface area contributed by atoms with Gasteiger partial charge in [-0.3, -0.25) is 9.36 Å². The summed E-state index contributed by atoms with van der Waals surface area (Å²) in [5.74, 6) is -0.864. The quantitative estimate of drug-likeness (QED) is 0.682. The van der Waals surface area contributed by atoms with E-state index in [2.05, 4.69) is 9.97 Å². The van der Waals surface area contributed by atoms with Gasteiger partial charge in [-0.05, 0) is 50.2 Å². The third-order valence-electron chi connectivity index (χ3n) is 3.82. The number of hydrogen-bond acceptors (Lipinski definition) is 5. The van der Waals surface area contributed by atoms with E-state index >= 15 is 0 Å². The largest absolute Gasteiger partial charge is 0.464 e. The van der Waals surface area contributed by atoms with Crippen LogP contribution in [0, 0.1) is 5.82 Å². The molecule has 0 fully saturated rings. The van der Waals surface area contributed by atoms with Crippen molar-refractivity contribution in [3.63, 3.8) is 0 Å². The summed E-state index contributed by atoms with van der Waals surface area (Å²) in [7, 11) is 0. The minimum atomic E-state index is -0.805. The second-order valence-corrected chi connectivity index (χ2v) is 5.46. The highest BCUT2D eigenvalue weighted by Crippen LogP contribution is 2.19. The summed E-state index contributed by atoms with van der Waals surface area (Å²) in [5.41, 5.74) is 1.32. The highest BCUT2D eigenvalue weighted by molar-refractivity contribution is 5.78. The Labute approximate surface area is 142 Å². The molecule has 7 heteroatoms. The molecule has 3 aromatic rings. The molecular weight excluding hydrogens is 325 g/mol. The van der Waals surface area contributed by atoms with E-state index in [-0.39, 0.29) is 17.9 Å². The predicted molar refractivity (Wildman–Crippen MR) is 90.5 cm³/mol. The summed E-state index contributed by atoms with van der Waals surface area (Å²) >= 11 is 0. The first-order valence-corrected chi connectivity index (χ1v) is 7.81. The fourth-order valence-corrected chi connectivity index (χ4v) is 2.45. The van der Waals surface area contributed by atoms with Crippen LogP contribution in [-0.4, -0.2) is 27.1 Å². The number of benzene rings is 1. The summed E-state index contributed by atoms with van der Waals surface area (Å²) in [6.07, 6.45) is 1.31. The van der Waals surface area contributed by atoms with Crippen LogP contribution in [0.3, 0.4) is 0 Å². The molecule has 0 saturated carbocycles. The zero-order chi connectivity index (χ0) is 18.0. The molecule has 0 amide bonds. The van der Waals surface area contributed by atoms with Crippen molar-refractivity contribution in [2.24, 2.45) is 0 Å². The fourth-order valence-electron chi connectivity index (χ4n) is 2.45. The molecule has 1 atom stereocenters. The highest BCUT2D eigenvalue weighted by Gasteiger charge is 2.19. The number of nitrogens with zero attached hydrogens (tertiary/aromatic N) is 3. The minimum Gasteiger partial charge on any atom is -0.464 e. The van der Waals surface area contributed by atoms with E-state index in [4.69, 9.17) is 4.74 Å². The molecule has 0 radical (unpaired) electrons. The summed E-state index contributed by atoms with van der Waals surface area (Å²) in [5, 5.41) is 0. The second kappa shape index (κ2) is 6.80. The third-order valence-corrected chi connectivity index (χ3v) is 3.82. The predicted octanol–water partition coefficient (Wildman–Crippen LogP) is 2.72. The molecule has 0 aliphatic heterocycles. The zero-order valence-electron chi connectivity index (χ0n) is 13.8. The van der Waals surface area contributed by atoms with Crippen LogP contribution in [0.5, 0.6) is 0 Å². The number of carbonyl (C=O) groups excluding carboxylic acids is 1. The van der Waals surface area contributed by atoms with Crippen LogP contribution in [0.1, 0.15) is 19.9 Å². The normalized spacial score (nSPS) is 12.1. The average molecular weight is 341 g/mol. The molecule has 128 valence electrons. The molecule has 0 aliphatic rings. The number of halogens is 1. The van der Waals surface area contributed by atoms with Gasteiger partial charge >= 0.3 is 5.97 Å². The van der Waals surface area contributed by atoms with Crippen molar-refractivity contribution in [1.82, 2.24) is 14.5 Å². The molecule has 0 spiro atoms. The standard InChI is InChI=1S/C18H16FN3O3/c1-3-25-18(24)11(2)22-10-20-15-9-8-14(21-16(15)17(22)23)12-4-6-13(19)7-5-12/h4-11H,3H2,1-2H3. The van der Waals surface area contributed by atoms with Crippen molar-refractivity contribution in [1.29, 1.82) is 0 Å². The van der Waals surface area contributed by atoms with E-state index < -0.39 is 17.6 Å². The van der Waals surface area contributed by atoms with E-state index in [1.807, 2.05) is 0 Å². The van der Waals surface area contributed by atoms with Gasteiger partial charge in [-0.15, -0.1) is 0 Å². The van der Waals surface area contributed by atoms with Gasteiger partial charge in [0.05, 0.1) is 24.1 Å². The Kier molecular flexibility index (Phi) is 4.56. The maximum atomic E-state index is 13.1. The first-order valence-electron chi connectivity index (χ1n) is 7.81. The molecule has 6 nitrogen and oxygen atoms in total. The van der Waals surface area contributed by atoms with Crippen LogP contribution in [0.2, 0.25) is 0 Å². The molecule has 2 aromatic heterocycles. The van der Waals surface area contributed by atoms with E-state index in [0.29, 0.717) is 16.8 Å². The molecular formula is C18H16FN3O3. The number of fused-ring (bicyclic) bond motifs is 1. The van der Waals surface area contributed by atoms with Crippen molar-refractivity contribution >= 4 is 17.0 Å². The molecule has 1 unspecified atom stereocenters. The van der Waals surface area contributed by atoms with Gasteiger partial charge in [-0.2, -0.15) is 0 Å². The third kappa shape index (κ3) is 3.26. The number of carbonyl (C=O) groups is 1. The first-order chi connectivity index (χ1) is 12.0. The first kappa shape index (κ1) is 16.8. The van der Waals surface area contributed by atoms with E-state index in [1.54, 1.807) is 38.1 Å². The van der Waals surface area contributed by atoms with Crippen LogP contribution in [0.25, 0.3) is 22.3 Å². The fraction of sp³-hybridized carbons (Fsp3) is 0.222. The van der Waals surface area contributed by atoms with Crippen LogP contribution < -0.4 is 5.56 Å². The molecule has 0 saturated heterocycles. The molecule has 25 heavy (non-hydrogen) atoms. The lowest BCUT2D eigenvalue weighted by Crippen LogP contribution is -2.30. The lowest BCUT2D eigenvalue weighted by Gasteiger charge is -2.13. The number of rotatable bonds is 4. The van der Waals surface area contributed by atoms with Crippen molar-refractivity contribution in [2.45, 2.75) is 19.9 Å². The minimum absolute atomic E-state index is 0.139. The number of pyridine rings is 1. The Morgan fingerprint density at radius 1 is 1.24 bits per heavy atom. The molecule has 0 bridgehead atoms. The van der Waals surface area contributed by atoms with Crippen LogP contribution in [0.4, 0.5) is 4.39 Å². The molecule has 0 aliphatic carbocycles. The Bertz CT molecular complexity index is 983.